The van der Waals surface area contributed by atoms with Crippen LogP contribution >= 0.6 is 0 Å². The maximum Gasteiger partial charge on any atom is 0.220 e. The quantitative estimate of drug-likeness (QED) is 0.479. The minimum absolute atomic E-state index is 0.0473. The number of unbranched alkanes of at least 4 members (excludes halogenated alkanes) is 4. The topological polar surface area (TPSA) is 46.2 Å². The average molecular weight is 253 g/mol. The monoisotopic (exact) mass is 253 g/mol. The minimum Gasteiger partial charge on any atom is -0.356 e. The molecule has 0 bridgehead atoms. The molecular weight excluding hydrogens is 226 g/mol. The van der Waals surface area contributed by atoms with Crippen LogP contribution in [0.2, 0.25) is 0 Å². The lowest BCUT2D eigenvalue weighted by Gasteiger charge is -2.06. The summed E-state index contributed by atoms with van der Waals surface area (Å²) in [6.07, 6.45) is 8.75. The van der Waals surface area contributed by atoms with Gasteiger partial charge in [-0.3, -0.25) is 9.59 Å². The molecular formula is C15H27NO2. The summed E-state index contributed by atoms with van der Waals surface area (Å²) in [5, 5.41) is 2.90. The number of allylic oxidation sites excluding steroid dienone is 2. The van der Waals surface area contributed by atoms with Crippen molar-refractivity contribution in [2.75, 3.05) is 6.54 Å². The molecule has 0 aliphatic heterocycles. The van der Waals surface area contributed by atoms with Crippen LogP contribution in [0.3, 0.4) is 0 Å². The number of hydrogen-bond donors (Lipinski definition) is 1. The first-order valence-electron chi connectivity index (χ1n) is 7.04. The molecule has 0 fully saturated rings. The fourth-order valence-corrected chi connectivity index (χ4v) is 1.82. The first-order valence-corrected chi connectivity index (χ1v) is 7.04. The van der Waals surface area contributed by atoms with Gasteiger partial charge in [0.1, 0.15) is 0 Å². The van der Waals surface area contributed by atoms with Gasteiger partial charge in [0, 0.05) is 13.0 Å². The van der Waals surface area contributed by atoms with E-state index in [1.54, 1.807) is 13.0 Å². The maximum atomic E-state index is 11.5. The lowest BCUT2D eigenvalue weighted by Crippen LogP contribution is -2.24. The Morgan fingerprint density at radius 3 is 2.28 bits per heavy atom. The largest absolute Gasteiger partial charge is 0.356 e. The van der Waals surface area contributed by atoms with Crippen molar-refractivity contribution in [2.24, 2.45) is 0 Å². The van der Waals surface area contributed by atoms with Gasteiger partial charge >= 0.3 is 0 Å². The van der Waals surface area contributed by atoms with E-state index in [9.17, 15) is 9.59 Å². The number of amides is 1. The number of ketones is 1. The highest BCUT2D eigenvalue weighted by molar-refractivity contribution is 5.93. The van der Waals surface area contributed by atoms with E-state index < -0.39 is 0 Å². The fraction of sp³-hybridized carbons (Fsp3) is 0.733. The SMILES string of the molecule is C/C=C(/CCC(=O)NCCCCCCC)C(C)=O. The van der Waals surface area contributed by atoms with Crippen LogP contribution in [0.15, 0.2) is 11.6 Å². The van der Waals surface area contributed by atoms with Gasteiger partial charge < -0.3 is 5.32 Å². The summed E-state index contributed by atoms with van der Waals surface area (Å²) in [5.41, 5.74) is 0.744. The molecule has 1 amide bonds. The second-order valence-electron chi connectivity index (χ2n) is 4.63. The van der Waals surface area contributed by atoms with E-state index in [-0.39, 0.29) is 11.7 Å². The van der Waals surface area contributed by atoms with Gasteiger partial charge in [-0.2, -0.15) is 0 Å². The summed E-state index contributed by atoms with van der Waals surface area (Å²) in [5.74, 6) is 0.107. The smallest absolute Gasteiger partial charge is 0.220 e. The average Bonchev–Trinajstić information content (AvgIpc) is 2.34. The number of carbonyl (C=O) groups excluding carboxylic acids is 2. The summed E-state index contributed by atoms with van der Waals surface area (Å²) >= 11 is 0. The van der Waals surface area contributed by atoms with Crippen molar-refractivity contribution < 1.29 is 9.59 Å². The van der Waals surface area contributed by atoms with Crippen LogP contribution in [0.4, 0.5) is 0 Å². The van der Waals surface area contributed by atoms with Gasteiger partial charge in [0.15, 0.2) is 5.78 Å². The zero-order valence-corrected chi connectivity index (χ0v) is 12.1. The van der Waals surface area contributed by atoms with Crippen molar-refractivity contribution in [1.29, 1.82) is 0 Å². The van der Waals surface area contributed by atoms with Crippen molar-refractivity contribution in [2.45, 2.75) is 65.7 Å². The fourth-order valence-electron chi connectivity index (χ4n) is 1.82. The number of rotatable bonds is 10. The van der Waals surface area contributed by atoms with Crippen LogP contribution in [0.25, 0.3) is 0 Å². The van der Waals surface area contributed by atoms with E-state index >= 15 is 0 Å². The molecule has 0 rings (SSSR count). The van der Waals surface area contributed by atoms with Gasteiger partial charge in [-0.25, -0.2) is 0 Å². The summed E-state index contributed by atoms with van der Waals surface area (Å²) in [6, 6.07) is 0. The van der Waals surface area contributed by atoms with Crippen LogP contribution in [0.5, 0.6) is 0 Å². The Balaban J connectivity index is 3.57. The van der Waals surface area contributed by atoms with Crippen LogP contribution < -0.4 is 5.32 Å². The van der Waals surface area contributed by atoms with Gasteiger partial charge in [0.2, 0.25) is 5.91 Å². The Hall–Kier alpha value is -1.12. The summed E-state index contributed by atoms with van der Waals surface area (Å²) in [7, 11) is 0. The molecule has 0 aromatic heterocycles. The lowest BCUT2D eigenvalue weighted by molar-refractivity contribution is -0.121. The zero-order valence-electron chi connectivity index (χ0n) is 12.1. The first kappa shape index (κ1) is 16.9. The van der Waals surface area contributed by atoms with E-state index in [4.69, 9.17) is 0 Å². The van der Waals surface area contributed by atoms with Gasteiger partial charge in [0.05, 0.1) is 0 Å². The molecule has 3 nitrogen and oxygen atoms in total. The third-order valence-corrected chi connectivity index (χ3v) is 3.02. The van der Waals surface area contributed by atoms with Crippen molar-refractivity contribution in [3.05, 3.63) is 11.6 Å². The maximum absolute atomic E-state index is 11.5. The van der Waals surface area contributed by atoms with E-state index in [0.29, 0.717) is 12.8 Å². The van der Waals surface area contributed by atoms with Crippen molar-refractivity contribution in [1.82, 2.24) is 5.32 Å². The van der Waals surface area contributed by atoms with E-state index in [2.05, 4.69) is 12.2 Å². The van der Waals surface area contributed by atoms with Gasteiger partial charge in [-0.1, -0.05) is 38.7 Å². The third kappa shape index (κ3) is 8.97. The number of nitrogens with one attached hydrogen (secondary N) is 1. The summed E-state index contributed by atoms with van der Waals surface area (Å²) in [4.78, 5) is 22.7. The first-order chi connectivity index (χ1) is 8.61. The Kier molecular flexibility index (Phi) is 10.3. The van der Waals surface area contributed by atoms with Crippen LogP contribution in [0, 0.1) is 0 Å². The molecule has 0 aromatic rings. The molecule has 0 radical (unpaired) electrons. The van der Waals surface area contributed by atoms with Gasteiger partial charge in [0.25, 0.3) is 0 Å². The van der Waals surface area contributed by atoms with Gasteiger partial charge in [-0.05, 0) is 32.3 Å². The molecule has 0 aliphatic rings. The van der Waals surface area contributed by atoms with Crippen LogP contribution in [-0.4, -0.2) is 18.2 Å². The Morgan fingerprint density at radius 1 is 1.06 bits per heavy atom. The highest BCUT2D eigenvalue weighted by Crippen LogP contribution is 2.06. The van der Waals surface area contributed by atoms with Crippen molar-refractivity contribution in [3.8, 4) is 0 Å². The molecule has 1 N–H and O–H groups in total. The molecule has 0 aromatic carbocycles. The van der Waals surface area contributed by atoms with Gasteiger partial charge in [-0.15, -0.1) is 0 Å². The van der Waals surface area contributed by atoms with E-state index in [1.165, 1.54) is 25.7 Å². The predicted molar refractivity (Wildman–Crippen MR) is 75.4 cm³/mol. The third-order valence-electron chi connectivity index (χ3n) is 3.02. The molecule has 0 unspecified atom stereocenters. The van der Waals surface area contributed by atoms with Crippen LogP contribution in [-0.2, 0) is 9.59 Å². The Morgan fingerprint density at radius 2 is 1.72 bits per heavy atom. The highest BCUT2D eigenvalue weighted by atomic mass is 16.1. The molecule has 0 atom stereocenters. The second kappa shape index (κ2) is 11.0. The zero-order chi connectivity index (χ0) is 13.8. The Bertz CT molecular complexity index is 282. The summed E-state index contributed by atoms with van der Waals surface area (Å²) in [6.45, 7) is 6.33. The molecule has 104 valence electrons. The van der Waals surface area contributed by atoms with Crippen LogP contribution in [0.1, 0.15) is 65.7 Å². The molecule has 0 spiro atoms. The number of hydrogen-bond acceptors (Lipinski definition) is 2. The molecule has 18 heavy (non-hydrogen) atoms. The molecule has 3 heteroatoms. The molecule has 0 heterocycles. The minimum atomic E-state index is 0.0473. The number of Topliss-reactive ketones (excluding diaryl/α,β-unsaturated/α-hetero) is 1. The van der Waals surface area contributed by atoms with Crippen molar-refractivity contribution in [3.63, 3.8) is 0 Å². The molecule has 0 saturated heterocycles. The standard InChI is InChI=1S/C15H27NO2/c1-4-6-7-8-9-12-16-15(18)11-10-14(5-2)13(3)17/h5H,4,6-12H2,1-3H3,(H,16,18)/b14-5-. The highest BCUT2D eigenvalue weighted by Gasteiger charge is 2.06. The predicted octanol–water partition coefficient (Wildman–Crippen LogP) is 3.39. The Labute approximate surface area is 111 Å². The van der Waals surface area contributed by atoms with E-state index in [0.717, 1.165) is 18.5 Å². The summed E-state index contributed by atoms with van der Waals surface area (Å²) < 4.78 is 0. The lowest BCUT2D eigenvalue weighted by atomic mass is 10.1. The number of carbonyl (C=O) groups is 2. The molecule has 0 aliphatic carbocycles. The van der Waals surface area contributed by atoms with E-state index in [1.807, 2.05) is 6.92 Å². The molecule has 0 saturated carbocycles. The second-order valence-corrected chi connectivity index (χ2v) is 4.63. The normalized spacial score (nSPS) is 11.4. The van der Waals surface area contributed by atoms with Crippen molar-refractivity contribution >= 4 is 11.7 Å².